The van der Waals surface area contributed by atoms with Gasteiger partial charge >= 0.3 is 0 Å². The second kappa shape index (κ2) is 8.36. The lowest BCUT2D eigenvalue weighted by atomic mass is 9.98. The van der Waals surface area contributed by atoms with Crippen molar-refractivity contribution >= 4 is 32.7 Å². The number of hydrogen-bond donors (Lipinski definition) is 0. The Labute approximate surface area is 208 Å². The molecule has 0 aliphatic heterocycles. The highest BCUT2D eigenvalue weighted by molar-refractivity contribution is 6.06. The van der Waals surface area contributed by atoms with Crippen molar-refractivity contribution in [2.24, 2.45) is 0 Å². The lowest BCUT2D eigenvalue weighted by molar-refractivity contribution is 1.23. The van der Waals surface area contributed by atoms with Crippen LogP contribution in [0.25, 0.3) is 66.6 Å². The SMILES string of the molecule is c1ccc(-c2nc(-c3ccccc3)c3c(-c4ccc5ccc6cccnc6c5n4)cccc3n2)cc1. The smallest absolute Gasteiger partial charge is 0.160 e. The summed E-state index contributed by atoms with van der Waals surface area (Å²) in [5, 5.41) is 3.13. The Hall–Kier alpha value is -4.96. The second-order valence-electron chi connectivity index (χ2n) is 8.74. The third kappa shape index (κ3) is 3.39. The summed E-state index contributed by atoms with van der Waals surface area (Å²) in [6, 6.07) is 39.0. The van der Waals surface area contributed by atoms with Crippen molar-refractivity contribution in [3.05, 3.63) is 121 Å². The van der Waals surface area contributed by atoms with Crippen LogP contribution in [0.2, 0.25) is 0 Å². The van der Waals surface area contributed by atoms with E-state index in [0.29, 0.717) is 5.82 Å². The fourth-order valence-electron chi connectivity index (χ4n) is 4.79. The van der Waals surface area contributed by atoms with Gasteiger partial charge in [-0.1, -0.05) is 97.1 Å². The van der Waals surface area contributed by atoms with Crippen molar-refractivity contribution < 1.29 is 0 Å². The monoisotopic (exact) mass is 460 g/mol. The Morgan fingerprint density at radius 1 is 0.472 bits per heavy atom. The summed E-state index contributed by atoms with van der Waals surface area (Å²) in [4.78, 5) is 19.8. The molecule has 0 amide bonds. The van der Waals surface area contributed by atoms with E-state index in [1.807, 2.05) is 66.9 Å². The predicted octanol–water partition coefficient (Wildman–Crippen LogP) is 7.73. The average Bonchev–Trinajstić information content (AvgIpc) is 2.97. The molecule has 4 heteroatoms. The summed E-state index contributed by atoms with van der Waals surface area (Å²) in [7, 11) is 0. The highest BCUT2D eigenvalue weighted by Gasteiger charge is 2.17. The van der Waals surface area contributed by atoms with Crippen LogP contribution >= 0.6 is 0 Å². The fraction of sp³-hybridized carbons (Fsp3) is 0. The van der Waals surface area contributed by atoms with Crippen LogP contribution in [-0.4, -0.2) is 19.9 Å². The number of hydrogen-bond acceptors (Lipinski definition) is 4. The molecular formula is C32H20N4. The molecule has 0 saturated carbocycles. The van der Waals surface area contributed by atoms with Gasteiger partial charge in [-0.3, -0.25) is 4.98 Å². The number of fused-ring (bicyclic) bond motifs is 4. The fourth-order valence-corrected chi connectivity index (χ4v) is 4.79. The molecule has 0 unspecified atom stereocenters. The Balaban J connectivity index is 1.54. The summed E-state index contributed by atoms with van der Waals surface area (Å²) >= 11 is 0. The van der Waals surface area contributed by atoms with Gasteiger partial charge in [-0.2, -0.15) is 0 Å². The molecule has 4 aromatic carbocycles. The zero-order chi connectivity index (χ0) is 23.9. The van der Waals surface area contributed by atoms with Gasteiger partial charge in [-0.05, 0) is 18.2 Å². The molecule has 0 aliphatic carbocycles. The number of pyridine rings is 2. The zero-order valence-corrected chi connectivity index (χ0v) is 19.3. The molecule has 4 nitrogen and oxygen atoms in total. The summed E-state index contributed by atoms with van der Waals surface area (Å²) < 4.78 is 0. The van der Waals surface area contributed by atoms with Crippen molar-refractivity contribution in [1.82, 2.24) is 19.9 Å². The third-order valence-electron chi connectivity index (χ3n) is 6.51. The highest BCUT2D eigenvalue weighted by atomic mass is 14.9. The minimum atomic E-state index is 0.709. The number of aromatic nitrogens is 4. The molecule has 0 fully saturated rings. The second-order valence-corrected chi connectivity index (χ2v) is 8.74. The Bertz CT molecular complexity index is 1880. The van der Waals surface area contributed by atoms with E-state index in [-0.39, 0.29) is 0 Å². The van der Waals surface area contributed by atoms with Crippen LogP contribution in [-0.2, 0) is 0 Å². The van der Waals surface area contributed by atoms with Gasteiger partial charge in [-0.25, -0.2) is 15.0 Å². The molecule has 0 spiro atoms. The van der Waals surface area contributed by atoms with Gasteiger partial charge in [0.2, 0.25) is 0 Å². The van der Waals surface area contributed by atoms with Crippen LogP contribution in [0.5, 0.6) is 0 Å². The first-order valence-corrected chi connectivity index (χ1v) is 11.9. The molecule has 7 aromatic rings. The minimum absolute atomic E-state index is 0.709. The highest BCUT2D eigenvalue weighted by Crippen LogP contribution is 2.36. The summed E-state index contributed by atoms with van der Waals surface area (Å²) in [6.45, 7) is 0. The van der Waals surface area contributed by atoms with E-state index < -0.39 is 0 Å². The van der Waals surface area contributed by atoms with Crippen molar-refractivity contribution in [3.8, 4) is 33.9 Å². The zero-order valence-electron chi connectivity index (χ0n) is 19.3. The molecule has 168 valence electrons. The molecule has 3 heterocycles. The van der Waals surface area contributed by atoms with E-state index in [1.54, 1.807) is 0 Å². The molecule has 3 aromatic heterocycles. The van der Waals surface area contributed by atoms with Gasteiger partial charge < -0.3 is 0 Å². The van der Waals surface area contributed by atoms with E-state index in [1.165, 1.54) is 0 Å². The van der Waals surface area contributed by atoms with Crippen LogP contribution in [0.3, 0.4) is 0 Å². The maximum absolute atomic E-state index is 5.12. The minimum Gasteiger partial charge on any atom is -0.254 e. The number of benzene rings is 4. The van der Waals surface area contributed by atoms with E-state index in [0.717, 1.165) is 60.8 Å². The van der Waals surface area contributed by atoms with E-state index in [2.05, 4.69) is 59.6 Å². The maximum Gasteiger partial charge on any atom is 0.160 e. The van der Waals surface area contributed by atoms with Gasteiger partial charge in [-0.15, -0.1) is 0 Å². The van der Waals surface area contributed by atoms with Crippen LogP contribution in [0.4, 0.5) is 0 Å². The van der Waals surface area contributed by atoms with Crippen LogP contribution in [0, 0.1) is 0 Å². The third-order valence-corrected chi connectivity index (χ3v) is 6.51. The first-order valence-electron chi connectivity index (χ1n) is 11.9. The van der Waals surface area contributed by atoms with Gasteiger partial charge in [0.1, 0.15) is 0 Å². The van der Waals surface area contributed by atoms with Gasteiger partial charge in [0, 0.05) is 39.0 Å². The van der Waals surface area contributed by atoms with Crippen LogP contribution < -0.4 is 0 Å². The number of nitrogens with zero attached hydrogens (tertiary/aromatic N) is 4. The first kappa shape index (κ1) is 20.4. The molecule has 7 rings (SSSR count). The molecule has 0 atom stereocenters. The summed E-state index contributed by atoms with van der Waals surface area (Å²) in [6.07, 6.45) is 1.82. The lowest BCUT2D eigenvalue weighted by Gasteiger charge is -2.13. The quantitative estimate of drug-likeness (QED) is 0.253. The normalized spacial score (nSPS) is 11.3. The largest absolute Gasteiger partial charge is 0.254 e. The van der Waals surface area contributed by atoms with Crippen LogP contribution in [0.15, 0.2) is 121 Å². The topological polar surface area (TPSA) is 51.6 Å². The first-order chi connectivity index (χ1) is 17.8. The van der Waals surface area contributed by atoms with Gasteiger partial charge in [0.05, 0.1) is 27.9 Å². The predicted molar refractivity (Wildman–Crippen MR) is 146 cm³/mol. The van der Waals surface area contributed by atoms with Crippen LogP contribution in [0.1, 0.15) is 0 Å². The average molecular weight is 461 g/mol. The van der Waals surface area contributed by atoms with E-state index in [4.69, 9.17) is 15.0 Å². The lowest BCUT2D eigenvalue weighted by Crippen LogP contribution is -1.97. The summed E-state index contributed by atoms with van der Waals surface area (Å²) in [5.74, 6) is 0.709. The van der Waals surface area contributed by atoms with E-state index >= 15 is 0 Å². The molecule has 0 bridgehead atoms. The molecule has 0 saturated heterocycles. The van der Waals surface area contributed by atoms with Gasteiger partial charge in [0.15, 0.2) is 5.82 Å². The molecular weight excluding hydrogens is 440 g/mol. The van der Waals surface area contributed by atoms with Crippen molar-refractivity contribution in [3.63, 3.8) is 0 Å². The maximum atomic E-state index is 5.12. The Morgan fingerprint density at radius 3 is 2.00 bits per heavy atom. The Kier molecular flexibility index (Phi) is 4.74. The number of rotatable bonds is 3. The van der Waals surface area contributed by atoms with E-state index in [9.17, 15) is 0 Å². The van der Waals surface area contributed by atoms with Crippen molar-refractivity contribution in [1.29, 1.82) is 0 Å². The molecule has 36 heavy (non-hydrogen) atoms. The standard InChI is InChI=1S/C32H20N4/c1-3-9-21(10-4-1)29-28-25(14-7-15-27(28)35-32(36-29)24-11-5-2-6-12-24)26-19-18-23-17-16-22-13-8-20-33-30(22)31(23)34-26/h1-20H. The van der Waals surface area contributed by atoms with Crippen molar-refractivity contribution in [2.75, 3.05) is 0 Å². The molecule has 0 aliphatic rings. The molecule has 0 N–H and O–H groups in total. The van der Waals surface area contributed by atoms with Crippen molar-refractivity contribution in [2.45, 2.75) is 0 Å². The van der Waals surface area contributed by atoms with Gasteiger partial charge in [0.25, 0.3) is 0 Å². The molecule has 0 radical (unpaired) electrons. The summed E-state index contributed by atoms with van der Waals surface area (Å²) in [5.41, 5.74) is 7.49. The Morgan fingerprint density at radius 2 is 1.19 bits per heavy atom.